The molecule has 1 saturated heterocycles. The van der Waals surface area contributed by atoms with E-state index in [4.69, 9.17) is 19.8 Å². The third-order valence-corrected chi connectivity index (χ3v) is 11.0. The Morgan fingerprint density at radius 2 is 2.00 bits per heavy atom. The molecule has 2 aromatic heterocycles. The minimum atomic E-state index is -3.25. The summed E-state index contributed by atoms with van der Waals surface area (Å²) in [6.45, 7) is 7.28. The van der Waals surface area contributed by atoms with Gasteiger partial charge in [0.25, 0.3) is 0 Å². The fourth-order valence-corrected chi connectivity index (χ4v) is 7.93. The molecule has 0 spiro atoms. The molecular formula is C26H34N6O5S2. The highest BCUT2D eigenvalue weighted by atomic mass is 32.3. The summed E-state index contributed by atoms with van der Waals surface area (Å²) in [7, 11) is -3.25. The predicted octanol–water partition coefficient (Wildman–Crippen LogP) is 4.43. The number of hydrogen-bond acceptors (Lipinski definition) is 10. The van der Waals surface area contributed by atoms with Crippen LogP contribution < -0.4 is 15.5 Å². The maximum Gasteiger partial charge on any atom is 0.319 e. The number of nitrogens with zero attached hydrogens (tertiary/aromatic N) is 4. The van der Waals surface area contributed by atoms with Crippen LogP contribution in [-0.2, 0) is 9.48 Å². The number of aromatic nitrogens is 3. The molecule has 5 rings (SSSR count). The number of nitrogens with one attached hydrogen (secondary N) is 2. The van der Waals surface area contributed by atoms with Crippen molar-refractivity contribution in [1.82, 2.24) is 20.3 Å². The summed E-state index contributed by atoms with van der Waals surface area (Å²) in [6, 6.07) is 8.35. The molecule has 5 N–H and O–H groups in total. The van der Waals surface area contributed by atoms with E-state index >= 15 is 0 Å². The monoisotopic (exact) mass is 574 g/mol. The quantitative estimate of drug-likeness (QED) is 0.263. The number of hydrogen-bond donors (Lipinski definition) is 5. The van der Waals surface area contributed by atoms with Crippen molar-refractivity contribution in [2.45, 2.75) is 54.8 Å². The summed E-state index contributed by atoms with van der Waals surface area (Å²) < 4.78 is 28.0. The summed E-state index contributed by atoms with van der Waals surface area (Å²) in [5.74, 6) is 1.17. The Bertz CT molecular complexity index is 1330. The number of rotatable bonds is 8. The summed E-state index contributed by atoms with van der Waals surface area (Å²) in [5.41, 5.74) is 2.65. The van der Waals surface area contributed by atoms with Crippen LogP contribution in [0.1, 0.15) is 38.1 Å². The standard InChI is InChI=1S/C26H34N6O5S2/c1-16(13-33)27-24(34)29-20-6-4-19(5-7-20)23-30-21(12-22(31-23)32-10-11-37-14-18(32)3)26(8-9-26)39(35,36)25-28-17(2)15-38-25/h4-7,12,15-16,18,33,35-36H,8-11,13-14H2,1-3H3,(H2,27,29,34)/t16-,18-/m0/s1. The second-order valence-electron chi connectivity index (χ2n) is 10.1. The smallest absolute Gasteiger partial charge is 0.319 e. The maximum absolute atomic E-state index is 12.1. The summed E-state index contributed by atoms with van der Waals surface area (Å²) >= 11 is 1.26. The number of anilines is 2. The van der Waals surface area contributed by atoms with Crippen molar-refractivity contribution < 1.29 is 23.7 Å². The Balaban J connectivity index is 1.50. The van der Waals surface area contributed by atoms with Crippen molar-refractivity contribution in [1.29, 1.82) is 0 Å². The molecule has 210 valence electrons. The zero-order chi connectivity index (χ0) is 27.8. The third kappa shape index (κ3) is 5.60. The Morgan fingerprint density at radius 3 is 2.62 bits per heavy atom. The number of morpholine rings is 1. The van der Waals surface area contributed by atoms with Crippen LogP contribution in [0.4, 0.5) is 16.3 Å². The van der Waals surface area contributed by atoms with E-state index in [0.29, 0.717) is 60.0 Å². The van der Waals surface area contributed by atoms with E-state index in [0.717, 1.165) is 11.3 Å². The van der Waals surface area contributed by atoms with Gasteiger partial charge in [0.05, 0.1) is 43.3 Å². The SMILES string of the molecule is Cc1csc(S(O)(O)C2(c3cc(N4CCOC[C@@H]4C)nc(-c4ccc(NC(=O)N[C@@H](C)CO)cc4)n3)CC2)n1. The number of aryl methyl sites for hydroxylation is 1. The van der Waals surface area contributed by atoms with Crippen LogP contribution in [0.3, 0.4) is 0 Å². The molecule has 1 aromatic carbocycles. The van der Waals surface area contributed by atoms with Crippen molar-refractivity contribution in [3.05, 3.63) is 47.1 Å². The molecule has 2 aliphatic rings. The lowest BCUT2D eigenvalue weighted by Crippen LogP contribution is -2.44. The van der Waals surface area contributed by atoms with Crippen LogP contribution in [0, 0.1) is 6.92 Å². The molecule has 11 nitrogen and oxygen atoms in total. The number of aliphatic hydroxyl groups is 1. The average Bonchev–Trinajstić information content (AvgIpc) is 3.64. The first kappa shape index (κ1) is 27.7. The van der Waals surface area contributed by atoms with Gasteiger partial charge < -0.3 is 25.4 Å². The number of carbonyl (C=O) groups is 1. The number of ether oxygens (including phenoxy) is 1. The predicted molar refractivity (Wildman–Crippen MR) is 153 cm³/mol. The Morgan fingerprint density at radius 1 is 1.26 bits per heavy atom. The first-order valence-corrected chi connectivity index (χ1v) is 15.3. The Kier molecular flexibility index (Phi) is 7.82. The number of urea groups is 1. The fraction of sp³-hybridized carbons (Fsp3) is 0.462. The van der Waals surface area contributed by atoms with Gasteiger partial charge in [0.2, 0.25) is 4.34 Å². The topological polar surface area (TPSA) is 153 Å². The van der Waals surface area contributed by atoms with Crippen LogP contribution in [0.15, 0.2) is 40.1 Å². The van der Waals surface area contributed by atoms with Gasteiger partial charge in [-0.05, 0) is 57.9 Å². The van der Waals surface area contributed by atoms with E-state index in [-0.39, 0.29) is 18.7 Å². The van der Waals surface area contributed by atoms with Crippen molar-refractivity contribution in [3.63, 3.8) is 0 Å². The molecule has 3 heterocycles. The van der Waals surface area contributed by atoms with E-state index in [1.165, 1.54) is 11.3 Å². The van der Waals surface area contributed by atoms with E-state index in [1.807, 2.05) is 30.5 Å². The normalized spacial score (nSPS) is 19.8. The van der Waals surface area contributed by atoms with Gasteiger partial charge >= 0.3 is 6.03 Å². The largest absolute Gasteiger partial charge is 0.394 e. The number of thiazole rings is 1. The average molecular weight is 575 g/mol. The first-order valence-electron chi connectivity index (χ1n) is 12.9. The van der Waals surface area contributed by atoms with E-state index in [2.05, 4.69) is 27.4 Å². The second kappa shape index (κ2) is 11.0. The second-order valence-corrected chi connectivity index (χ2v) is 13.5. The number of amides is 2. The van der Waals surface area contributed by atoms with Crippen LogP contribution in [-0.4, -0.2) is 73.6 Å². The van der Waals surface area contributed by atoms with E-state index in [9.17, 15) is 13.9 Å². The number of aliphatic hydroxyl groups excluding tert-OH is 1. The molecule has 2 fully saturated rings. The molecule has 1 aliphatic carbocycles. The fourth-order valence-electron chi connectivity index (χ4n) is 4.58. The van der Waals surface area contributed by atoms with Crippen LogP contribution in [0.5, 0.6) is 0 Å². The molecule has 13 heteroatoms. The number of carbonyl (C=O) groups excluding carboxylic acids is 1. The lowest BCUT2D eigenvalue weighted by molar-refractivity contribution is 0.0985. The molecule has 3 aromatic rings. The molecular weight excluding hydrogens is 540 g/mol. The van der Waals surface area contributed by atoms with Crippen LogP contribution >= 0.6 is 21.9 Å². The van der Waals surface area contributed by atoms with Crippen LogP contribution in [0.25, 0.3) is 11.4 Å². The van der Waals surface area contributed by atoms with Gasteiger partial charge in [0.1, 0.15) is 10.6 Å². The van der Waals surface area contributed by atoms with Crippen molar-refractivity contribution in [2.75, 3.05) is 36.6 Å². The molecule has 1 saturated carbocycles. The zero-order valence-electron chi connectivity index (χ0n) is 22.1. The molecule has 0 bridgehead atoms. The first-order chi connectivity index (χ1) is 18.6. The summed E-state index contributed by atoms with van der Waals surface area (Å²) in [4.78, 5) is 28.5. The van der Waals surface area contributed by atoms with Crippen LogP contribution in [0.2, 0.25) is 0 Å². The maximum atomic E-state index is 12.1. The van der Waals surface area contributed by atoms with Gasteiger partial charge in [0, 0.05) is 29.2 Å². The highest BCUT2D eigenvalue weighted by Crippen LogP contribution is 2.75. The molecule has 2 atom stereocenters. The highest BCUT2D eigenvalue weighted by Gasteiger charge is 2.58. The third-order valence-electron chi connectivity index (χ3n) is 6.98. The molecule has 39 heavy (non-hydrogen) atoms. The zero-order valence-corrected chi connectivity index (χ0v) is 23.8. The van der Waals surface area contributed by atoms with Gasteiger partial charge in [-0.3, -0.25) is 9.11 Å². The van der Waals surface area contributed by atoms with Gasteiger partial charge in [0.15, 0.2) is 5.82 Å². The van der Waals surface area contributed by atoms with Crippen molar-refractivity contribution >= 4 is 39.5 Å². The van der Waals surface area contributed by atoms with E-state index < -0.39 is 21.4 Å². The minimum absolute atomic E-state index is 0.0953. The van der Waals surface area contributed by atoms with Gasteiger partial charge in [-0.2, -0.15) is 0 Å². The number of benzene rings is 1. The summed E-state index contributed by atoms with van der Waals surface area (Å²) in [6.07, 6.45) is 1.18. The molecule has 0 radical (unpaired) electrons. The Labute approximate surface area is 233 Å². The van der Waals surface area contributed by atoms with Crippen molar-refractivity contribution in [2.24, 2.45) is 0 Å². The molecule has 1 aliphatic heterocycles. The van der Waals surface area contributed by atoms with E-state index in [1.54, 1.807) is 19.1 Å². The van der Waals surface area contributed by atoms with Gasteiger partial charge in [-0.25, -0.2) is 19.7 Å². The minimum Gasteiger partial charge on any atom is -0.394 e. The van der Waals surface area contributed by atoms with Gasteiger partial charge in [-0.15, -0.1) is 21.9 Å². The van der Waals surface area contributed by atoms with Gasteiger partial charge in [-0.1, -0.05) is 0 Å². The highest BCUT2D eigenvalue weighted by molar-refractivity contribution is 8.26. The summed E-state index contributed by atoms with van der Waals surface area (Å²) in [5, 5.41) is 16.4. The Hall–Kier alpha value is -2.81. The lowest BCUT2D eigenvalue weighted by Gasteiger charge is -2.39. The molecule has 2 amide bonds. The van der Waals surface area contributed by atoms with Crippen molar-refractivity contribution in [3.8, 4) is 11.4 Å². The lowest BCUT2D eigenvalue weighted by atomic mass is 10.1. The molecule has 0 unspecified atom stereocenters.